The number of nitro groups is 1. The Morgan fingerprint density at radius 3 is 2.47 bits per heavy atom. The van der Waals surface area contributed by atoms with Gasteiger partial charge in [0.1, 0.15) is 5.82 Å². The first-order valence-electron chi connectivity index (χ1n) is 9.04. The molecule has 156 valence electrons. The van der Waals surface area contributed by atoms with E-state index in [1.54, 1.807) is 0 Å². The molecule has 2 aromatic rings. The summed E-state index contributed by atoms with van der Waals surface area (Å²) in [5, 5.41) is 11.1. The molecule has 1 aliphatic rings. The Balaban J connectivity index is 1.78. The molecule has 0 spiro atoms. The molecule has 2 aromatic carbocycles. The fraction of sp³-hybridized carbons (Fsp3) is 0.250. The zero-order valence-electron chi connectivity index (χ0n) is 15.5. The molecule has 3 rings (SSSR count). The average Bonchev–Trinajstić information content (AvgIpc) is 2.89. The monoisotopic (exact) mass is 478 g/mol. The third-order valence-corrected chi connectivity index (χ3v) is 5.27. The minimum Gasteiger partial charge on any atom is -0.449 e. The lowest BCUT2D eigenvalue weighted by molar-refractivity contribution is -0.385. The Morgan fingerprint density at radius 1 is 1.13 bits per heavy atom. The molecule has 30 heavy (non-hydrogen) atoms. The zero-order chi connectivity index (χ0) is 21.8. The lowest BCUT2D eigenvalue weighted by Crippen LogP contribution is -2.43. The second kappa shape index (κ2) is 9.12. The van der Waals surface area contributed by atoms with E-state index in [4.69, 9.17) is 4.74 Å². The van der Waals surface area contributed by atoms with Crippen LogP contribution in [0.4, 0.5) is 10.1 Å². The van der Waals surface area contributed by atoms with Crippen LogP contribution in [0.15, 0.2) is 46.9 Å². The van der Waals surface area contributed by atoms with Gasteiger partial charge in [-0.3, -0.25) is 24.6 Å². The summed E-state index contributed by atoms with van der Waals surface area (Å²) in [7, 11) is 0. The van der Waals surface area contributed by atoms with Gasteiger partial charge in [-0.25, -0.2) is 9.18 Å². The predicted molar refractivity (Wildman–Crippen MR) is 106 cm³/mol. The van der Waals surface area contributed by atoms with Gasteiger partial charge in [-0.2, -0.15) is 0 Å². The van der Waals surface area contributed by atoms with Crippen LogP contribution >= 0.6 is 15.9 Å². The Bertz CT molecular complexity index is 1010. The van der Waals surface area contributed by atoms with Crippen LogP contribution in [-0.2, 0) is 9.53 Å². The van der Waals surface area contributed by atoms with Crippen LogP contribution in [-0.4, -0.2) is 40.3 Å². The first kappa shape index (κ1) is 21.6. The topological polar surface area (TPSA) is 107 Å². The van der Waals surface area contributed by atoms with Crippen molar-refractivity contribution in [1.82, 2.24) is 4.90 Å². The molecule has 0 aromatic heterocycles. The normalized spacial score (nSPS) is 16.7. The highest BCUT2D eigenvalue weighted by Gasteiger charge is 2.34. The Labute approximate surface area is 178 Å². The summed E-state index contributed by atoms with van der Waals surface area (Å²) in [6.45, 7) is 0.146. The number of nitrogens with zero attached hydrogens (tertiary/aromatic N) is 2. The van der Waals surface area contributed by atoms with Crippen molar-refractivity contribution in [3.05, 3.63) is 74.0 Å². The number of likely N-dealkylation sites (tertiary alicyclic amines) is 1. The number of carbonyl (C=O) groups excluding carboxylic acids is 3. The van der Waals surface area contributed by atoms with Crippen LogP contribution < -0.4 is 0 Å². The highest BCUT2D eigenvalue weighted by Crippen LogP contribution is 2.27. The number of imide groups is 1. The van der Waals surface area contributed by atoms with Gasteiger partial charge in [0.2, 0.25) is 0 Å². The number of amides is 2. The second-order valence-electron chi connectivity index (χ2n) is 6.61. The van der Waals surface area contributed by atoms with Gasteiger partial charge in [0.25, 0.3) is 17.5 Å². The van der Waals surface area contributed by atoms with Crippen LogP contribution in [0, 0.1) is 15.9 Å². The number of hydrogen-bond donors (Lipinski definition) is 0. The maximum Gasteiger partial charge on any atom is 0.339 e. The lowest BCUT2D eigenvalue weighted by Gasteiger charge is -2.22. The Kier molecular flexibility index (Phi) is 6.56. The van der Waals surface area contributed by atoms with E-state index < -0.39 is 34.6 Å². The van der Waals surface area contributed by atoms with E-state index in [1.165, 1.54) is 24.3 Å². The SMILES string of the molecule is O=C(OC1CCCCN(C(=O)c2ccc(F)cc2)C1=O)c1ccc(Br)c([N+](=O)[O-])c1. The Hall–Kier alpha value is -3.14. The number of ether oxygens (including phenoxy) is 1. The molecular weight excluding hydrogens is 463 g/mol. The van der Waals surface area contributed by atoms with E-state index in [9.17, 15) is 28.9 Å². The molecule has 1 saturated heterocycles. The van der Waals surface area contributed by atoms with Crippen LogP contribution in [0.5, 0.6) is 0 Å². The highest BCUT2D eigenvalue weighted by molar-refractivity contribution is 9.10. The largest absolute Gasteiger partial charge is 0.449 e. The molecule has 1 unspecified atom stereocenters. The van der Waals surface area contributed by atoms with E-state index in [0.717, 1.165) is 23.1 Å². The first-order chi connectivity index (χ1) is 14.3. The van der Waals surface area contributed by atoms with Gasteiger partial charge in [0, 0.05) is 18.2 Å². The standard InChI is InChI=1S/C20H16BrFN2O6/c21-15-9-6-13(11-16(15)24(28)29)20(27)30-17-3-1-2-10-23(19(17)26)18(25)12-4-7-14(22)8-5-12/h4-9,11,17H,1-3,10H2. The maximum atomic E-state index is 13.1. The van der Waals surface area contributed by atoms with E-state index in [-0.39, 0.29) is 34.3 Å². The van der Waals surface area contributed by atoms with Crippen molar-refractivity contribution in [1.29, 1.82) is 0 Å². The molecule has 1 aliphatic heterocycles. The smallest absolute Gasteiger partial charge is 0.339 e. The van der Waals surface area contributed by atoms with Gasteiger partial charge in [-0.15, -0.1) is 0 Å². The molecule has 2 amide bonds. The molecule has 1 atom stereocenters. The number of rotatable bonds is 4. The number of halogens is 2. The second-order valence-corrected chi connectivity index (χ2v) is 7.47. The molecule has 0 radical (unpaired) electrons. The van der Waals surface area contributed by atoms with Gasteiger partial charge < -0.3 is 4.74 Å². The van der Waals surface area contributed by atoms with Crippen LogP contribution in [0.1, 0.15) is 40.0 Å². The van der Waals surface area contributed by atoms with Crippen molar-refractivity contribution in [2.24, 2.45) is 0 Å². The molecule has 0 N–H and O–H groups in total. The first-order valence-corrected chi connectivity index (χ1v) is 9.83. The summed E-state index contributed by atoms with van der Waals surface area (Å²) in [5.74, 6) is -2.70. The van der Waals surface area contributed by atoms with Gasteiger partial charge >= 0.3 is 5.97 Å². The van der Waals surface area contributed by atoms with E-state index in [1.807, 2.05) is 0 Å². The maximum absolute atomic E-state index is 13.1. The minimum absolute atomic E-state index is 0.0849. The van der Waals surface area contributed by atoms with E-state index in [2.05, 4.69) is 15.9 Å². The third kappa shape index (κ3) is 4.70. The van der Waals surface area contributed by atoms with Crippen molar-refractivity contribution >= 4 is 39.4 Å². The van der Waals surface area contributed by atoms with Gasteiger partial charge in [0.15, 0.2) is 6.10 Å². The molecule has 1 fully saturated rings. The zero-order valence-corrected chi connectivity index (χ0v) is 17.1. The summed E-state index contributed by atoms with van der Waals surface area (Å²) in [4.78, 5) is 49.4. The van der Waals surface area contributed by atoms with E-state index >= 15 is 0 Å². The number of benzene rings is 2. The molecule has 1 heterocycles. The van der Waals surface area contributed by atoms with Gasteiger partial charge in [-0.1, -0.05) is 0 Å². The molecule has 10 heteroatoms. The van der Waals surface area contributed by atoms with Crippen molar-refractivity contribution < 1.29 is 28.4 Å². The molecule has 0 bridgehead atoms. The van der Waals surface area contributed by atoms with Crippen molar-refractivity contribution in [3.8, 4) is 0 Å². The summed E-state index contributed by atoms with van der Waals surface area (Å²) >= 11 is 3.03. The van der Waals surface area contributed by atoms with E-state index in [0.29, 0.717) is 12.8 Å². The lowest BCUT2D eigenvalue weighted by atomic mass is 10.1. The average molecular weight is 479 g/mol. The summed E-state index contributed by atoms with van der Waals surface area (Å²) < 4.78 is 18.6. The van der Waals surface area contributed by atoms with Crippen LogP contribution in [0.2, 0.25) is 0 Å². The molecular formula is C20H16BrFN2O6. The van der Waals surface area contributed by atoms with Crippen molar-refractivity contribution in [3.63, 3.8) is 0 Å². The number of carbonyl (C=O) groups is 3. The van der Waals surface area contributed by atoms with Crippen LogP contribution in [0.25, 0.3) is 0 Å². The third-order valence-electron chi connectivity index (χ3n) is 4.60. The number of esters is 1. The number of hydrogen-bond acceptors (Lipinski definition) is 6. The van der Waals surface area contributed by atoms with Crippen molar-refractivity contribution in [2.45, 2.75) is 25.4 Å². The summed E-state index contributed by atoms with van der Waals surface area (Å²) in [6, 6.07) is 8.52. The van der Waals surface area contributed by atoms with Crippen molar-refractivity contribution in [2.75, 3.05) is 6.54 Å². The minimum atomic E-state index is -1.20. The van der Waals surface area contributed by atoms with Crippen LogP contribution in [0.3, 0.4) is 0 Å². The quantitative estimate of drug-likeness (QED) is 0.285. The summed E-state index contributed by atoms with van der Waals surface area (Å²) in [5.41, 5.74) is -0.261. The molecule has 0 saturated carbocycles. The molecule has 8 nitrogen and oxygen atoms in total. The van der Waals surface area contributed by atoms with Gasteiger partial charge in [0.05, 0.1) is 15.0 Å². The highest BCUT2D eigenvalue weighted by atomic mass is 79.9. The van der Waals surface area contributed by atoms with Gasteiger partial charge in [-0.05, 0) is 71.6 Å². The number of nitro benzene ring substituents is 1. The molecule has 0 aliphatic carbocycles. The summed E-state index contributed by atoms with van der Waals surface area (Å²) in [6.07, 6.45) is 0.0802. The predicted octanol–water partition coefficient (Wildman–Crippen LogP) is 3.87. The fourth-order valence-corrected chi connectivity index (χ4v) is 3.43. The fourth-order valence-electron chi connectivity index (χ4n) is 3.04. The Morgan fingerprint density at radius 2 is 1.80 bits per heavy atom.